The normalized spacial score (nSPS) is 13.2. The van der Waals surface area contributed by atoms with E-state index in [1.54, 1.807) is 68.0 Å². The number of rotatable bonds is 13. The first kappa shape index (κ1) is 39.2. The minimum absolute atomic E-state index is 0. The van der Waals surface area contributed by atoms with Crippen LogP contribution in [0.3, 0.4) is 0 Å². The second-order valence-corrected chi connectivity index (χ2v) is 12.6. The Morgan fingerprint density at radius 3 is 2.65 bits per heavy atom. The first-order valence-corrected chi connectivity index (χ1v) is 16.7. The molecule has 0 saturated carbocycles. The number of nitrogens with two attached hydrogens (primary N) is 1. The summed E-state index contributed by atoms with van der Waals surface area (Å²) < 4.78 is 43.6. The molecule has 0 radical (unpaired) electrons. The molecule has 0 spiro atoms. The van der Waals surface area contributed by atoms with Crippen LogP contribution in [-0.2, 0) is 33.0 Å². The second-order valence-electron chi connectivity index (χ2n) is 11.7. The van der Waals surface area contributed by atoms with Gasteiger partial charge in [0.25, 0.3) is 6.33 Å². The minimum Gasteiger partial charge on any atom is -0.457 e. The fourth-order valence-electron chi connectivity index (χ4n) is 5.28. The molecule has 3 N–H and O–H groups in total. The number of likely N-dealkylation sites (N-methyl/N-ethyl adjacent to an activating group) is 1. The summed E-state index contributed by atoms with van der Waals surface area (Å²) in [4.78, 5) is 35.2. The lowest BCUT2D eigenvalue weighted by Crippen LogP contribution is -2.81. The lowest BCUT2D eigenvalue weighted by atomic mass is 9.82. The first-order valence-electron chi connectivity index (χ1n) is 15.8. The molecule has 3 atom stereocenters. The molecule has 0 saturated heterocycles. The Hall–Kier alpha value is -5.63. The third-order valence-electron chi connectivity index (χ3n) is 8.23. The van der Waals surface area contributed by atoms with E-state index in [2.05, 4.69) is 16.2 Å². The number of ether oxygens (including phenoxy) is 2. The molecule has 2 aromatic carbocycles. The van der Waals surface area contributed by atoms with Crippen LogP contribution in [0.15, 0.2) is 78.8 Å². The highest BCUT2D eigenvalue weighted by Crippen LogP contribution is 2.41. The Kier molecular flexibility index (Phi) is 12.8. The van der Waals surface area contributed by atoms with Crippen LogP contribution < -0.4 is 14.8 Å². The van der Waals surface area contributed by atoms with Crippen molar-refractivity contribution < 1.29 is 42.8 Å². The molecule has 52 heavy (non-hydrogen) atoms. The first-order chi connectivity index (χ1) is 24.4. The molecule has 3 heterocycles. The van der Waals surface area contributed by atoms with E-state index in [4.69, 9.17) is 19.7 Å². The van der Waals surface area contributed by atoms with Gasteiger partial charge in [0.2, 0.25) is 12.6 Å². The quantitative estimate of drug-likeness (QED) is 0.133. The van der Waals surface area contributed by atoms with Crippen molar-refractivity contribution in [3.8, 4) is 17.3 Å². The Bertz CT molecular complexity index is 2050. The minimum atomic E-state index is -2.04. The molecule has 272 valence electrons. The number of carbonyl (C=O) groups is 2. The van der Waals surface area contributed by atoms with E-state index in [0.29, 0.717) is 21.8 Å². The number of hydrogen-bond donors (Lipinski definition) is 2. The average Bonchev–Trinajstić information content (AvgIpc) is 3.82. The number of nitriles is 1. The Morgan fingerprint density at radius 2 is 1.94 bits per heavy atom. The summed E-state index contributed by atoms with van der Waals surface area (Å²) >= 11 is 1.25. The van der Waals surface area contributed by atoms with Crippen molar-refractivity contribution in [2.45, 2.75) is 52.2 Å². The highest BCUT2D eigenvalue weighted by Gasteiger charge is 2.43. The predicted octanol–water partition coefficient (Wildman–Crippen LogP) is 4.19. The summed E-state index contributed by atoms with van der Waals surface area (Å²) in [5.41, 5.74) is 0.0216. The van der Waals surface area contributed by atoms with Gasteiger partial charge in [0, 0.05) is 53.3 Å². The van der Waals surface area contributed by atoms with Crippen LogP contribution in [0.4, 0.5) is 19.4 Å². The van der Waals surface area contributed by atoms with E-state index in [0.717, 1.165) is 23.8 Å². The van der Waals surface area contributed by atoms with E-state index >= 15 is 4.39 Å². The van der Waals surface area contributed by atoms with Gasteiger partial charge in [0.15, 0.2) is 6.54 Å². The van der Waals surface area contributed by atoms with Gasteiger partial charge in [-0.25, -0.2) is 28.3 Å². The van der Waals surface area contributed by atoms with Gasteiger partial charge in [-0.05, 0) is 36.4 Å². The number of carbonyl (C=O) groups excluding carboxylic acids is 2. The van der Waals surface area contributed by atoms with E-state index in [1.165, 1.54) is 51.4 Å². The molecule has 5 rings (SSSR count). The number of anilines is 1. The zero-order valence-electron chi connectivity index (χ0n) is 28.2. The van der Waals surface area contributed by atoms with Crippen molar-refractivity contribution in [3.63, 3.8) is 0 Å². The van der Waals surface area contributed by atoms with Gasteiger partial charge >= 0.3 is 12.1 Å². The average molecular weight is 735 g/mol. The summed E-state index contributed by atoms with van der Waals surface area (Å²) in [6, 6.07) is 15.1. The van der Waals surface area contributed by atoms with Gasteiger partial charge in [-0.1, -0.05) is 32.5 Å². The second kappa shape index (κ2) is 17.1. The van der Waals surface area contributed by atoms with Crippen LogP contribution >= 0.6 is 11.3 Å². The number of thiazole rings is 1. The zero-order valence-corrected chi connectivity index (χ0v) is 29.1. The van der Waals surface area contributed by atoms with Crippen molar-refractivity contribution in [2.24, 2.45) is 0 Å². The number of nitrogens with zero attached hydrogens (tertiary/aromatic N) is 7. The van der Waals surface area contributed by atoms with E-state index in [-0.39, 0.29) is 38.5 Å². The number of aliphatic hydroxyl groups is 1. The number of amides is 1. The largest absolute Gasteiger partial charge is 0.457 e. The lowest BCUT2D eigenvalue weighted by Gasteiger charge is -2.32. The van der Waals surface area contributed by atoms with Crippen molar-refractivity contribution in [1.29, 1.82) is 5.26 Å². The lowest BCUT2D eigenvalue weighted by molar-refractivity contribution is -0.753. The van der Waals surface area contributed by atoms with Gasteiger partial charge in [0.1, 0.15) is 36.2 Å². The third kappa shape index (κ3) is 8.80. The molecule has 0 bridgehead atoms. The standard InChI is InChI=1S/C35H35F2N8O5S.CH4/c1-22(33-42-30(18-51-33)25-9-7-24(15-38)8-10-25)35(48,28-14-27(36)11-12-29(28)37)19-45-21-44(20-41-45)23(2)50-34(47)43(4)32-26(6-5-13-40-32)17-49-31(46)16-39-3;/h5-14,18,20-23,39,48H,16-17,19H2,1-4H3;1H4/q+1;/p+1/t22-,23?,35+;/m0./s1. The molecular formula is C36H40F2N8O5S+2. The SMILES string of the molecule is C.C[NH2+]CC(=O)OCc1cccnc1N(C)C(=O)OC(C)[n+]1cnn(C[C@](O)(c2cc(F)ccc2F)[C@@H](C)c2nc(-c3ccc(C#N)cc3)cs2)c1. The fraction of sp³-hybridized carbons (Fsp3) is 0.306. The van der Waals surface area contributed by atoms with E-state index in [9.17, 15) is 19.1 Å². The van der Waals surface area contributed by atoms with Gasteiger partial charge in [0.05, 0.1) is 29.4 Å². The summed E-state index contributed by atoms with van der Waals surface area (Å²) in [5.74, 6) is -2.57. The van der Waals surface area contributed by atoms with E-state index in [1.807, 2.05) is 0 Å². The van der Waals surface area contributed by atoms with Crippen LogP contribution in [0.25, 0.3) is 11.3 Å². The molecular weight excluding hydrogens is 695 g/mol. The maximum absolute atomic E-state index is 15.3. The number of pyridine rings is 1. The molecule has 13 nitrogen and oxygen atoms in total. The summed E-state index contributed by atoms with van der Waals surface area (Å²) in [6.07, 6.45) is 2.67. The van der Waals surface area contributed by atoms with Gasteiger partial charge in [-0.15, -0.1) is 16.0 Å². The smallest absolute Gasteiger partial charge is 0.418 e. The number of benzene rings is 2. The van der Waals surface area contributed by atoms with Crippen molar-refractivity contribution >= 4 is 29.2 Å². The maximum atomic E-state index is 15.3. The predicted molar refractivity (Wildman–Crippen MR) is 186 cm³/mol. The van der Waals surface area contributed by atoms with Crippen LogP contribution in [-0.4, -0.2) is 57.6 Å². The number of hydrogen-bond acceptors (Lipinski definition) is 10. The van der Waals surface area contributed by atoms with Crippen molar-refractivity contribution in [3.05, 3.63) is 112 Å². The molecule has 0 aliphatic carbocycles. The molecule has 3 aromatic heterocycles. The molecule has 5 aromatic rings. The van der Waals surface area contributed by atoms with Crippen LogP contribution in [0.1, 0.15) is 55.1 Å². The van der Waals surface area contributed by atoms with Crippen LogP contribution in [0.2, 0.25) is 0 Å². The Balaban J connectivity index is 0.00000605. The number of halogens is 2. The summed E-state index contributed by atoms with van der Waals surface area (Å²) in [7, 11) is 3.21. The zero-order chi connectivity index (χ0) is 36.7. The number of quaternary nitrogens is 1. The van der Waals surface area contributed by atoms with Gasteiger partial charge in [-0.2, -0.15) is 9.83 Å². The molecule has 16 heteroatoms. The molecule has 1 amide bonds. The monoisotopic (exact) mass is 734 g/mol. The number of aromatic nitrogens is 5. The summed E-state index contributed by atoms with van der Waals surface area (Å²) in [6.45, 7) is 3.00. The number of esters is 1. The highest BCUT2D eigenvalue weighted by atomic mass is 32.1. The molecule has 0 fully saturated rings. The Labute approximate surface area is 303 Å². The van der Waals surface area contributed by atoms with Gasteiger partial charge < -0.3 is 19.9 Å². The molecule has 0 aliphatic rings. The van der Waals surface area contributed by atoms with E-state index < -0.39 is 41.4 Å². The van der Waals surface area contributed by atoms with Gasteiger partial charge in [-0.3, -0.25) is 4.90 Å². The highest BCUT2D eigenvalue weighted by molar-refractivity contribution is 7.10. The topological polar surface area (TPSA) is 164 Å². The Morgan fingerprint density at radius 1 is 1.19 bits per heavy atom. The van der Waals surface area contributed by atoms with Crippen LogP contribution in [0.5, 0.6) is 0 Å². The maximum Gasteiger partial charge on any atom is 0.418 e. The summed E-state index contributed by atoms with van der Waals surface area (Å²) in [5, 5.41) is 29.6. The van der Waals surface area contributed by atoms with Crippen molar-refractivity contribution in [1.82, 2.24) is 19.7 Å². The van der Waals surface area contributed by atoms with Crippen molar-refractivity contribution in [2.75, 3.05) is 25.5 Å². The van der Waals surface area contributed by atoms with Crippen LogP contribution in [0, 0.1) is 23.0 Å². The fourth-order valence-corrected chi connectivity index (χ4v) is 6.25. The molecule has 1 unspecified atom stereocenters. The third-order valence-corrected chi connectivity index (χ3v) is 9.25. The molecule has 0 aliphatic heterocycles.